The smallest absolute Gasteiger partial charge is 0.128 e. The predicted molar refractivity (Wildman–Crippen MR) is 83.7 cm³/mol. The molecule has 2 rings (SSSR count). The number of nitrogen functional groups attached to an aromatic ring is 1. The van der Waals surface area contributed by atoms with Crippen molar-refractivity contribution < 1.29 is 0 Å². The van der Waals surface area contributed by atoms with Crippen LogP contribution in [0, 0.1) is 6.92 Å². The summed E-state index contributed by atoms with van der Waals surface area (Å²) in [6.07, 6.45) is 3.61. The molecule has 0 aliphatic heterocycles. The zero-order valence-electron chi connectivity index (χ0n) is 12.8. The van der Waals surface area contributed by atoms with Crippen LogP contribution in [0.15, 0.2) is 30.5 Å². The van der Waals surface area contributed by atoms with Gasteiger partial charge >= 0.3 is 0 Å². The van der Waals surface area contributed by atoms with Crippen LogP contribution in [0.3, 0.4) is 0 Å². The fourth-order valence-corrected chi connectivity index (χ4v) is 2.04. The number of aromatic nitrogens is 2. The maximum absolute atomic E-state index is 5.94. The van der Waals surface area contributed by atoms with E-state index in [9.17, 15) is 0 Å². The molecule has 1 aromatic heterocycles. The Morgan fingerprint density at radius 2 is 1.85 bits per heavy atom. The quantitative estimate of drug-likeness (QED) is 0.868. The van der Waals surface area contributed by atoms with Crippen LogP contribution < -0.4 is 5.73 Å². The van der Waals surface area contributed by atoms with Crippen LogP contribution in [0.5, 0.6) is 0 Å². The number of rotatable bonds is 3. The van der Waals surface area contributed by atoms with Crippen LogP contribution in [-0.4, -0.2) is 9.97 Å². The molecule has 20 heavy (non-hydrogen) atoms. The van der Waals surface area contributed by atoms with Crippen molar-refractivity contribution in [1.82, 2.24) is 9.97 Å². The Labute approximate surface area is 121 Å². The van der Waals surface area contributed by atoms with E-state index < -0.39 is 0 Å². The van der Waals surface area contributed by atoms with Crippen LogP contribution >= 0.6 is 0 Å². The molecular weight excluding hydrogens is 246 g/mol. The monoisotopic (exact) mass is 269 g/mol. The Kier molecular flexibility index (Phi) is 4.07. The molecule has 106 valence electrons. The van der Waals surface area contributed by atoms with Gasteiger partial charge in [-0.1, -0.05) is 32.9 Å². The summed E-state index contributed by atoms with van der Waals surface area (Å²) in [7, 11) is 0. The van der Waals surface area contributed by atoms with Gasteiger partial charge < -0.3 is 5.73 Å². The van der Waals surface area contributed by atoms with Gasteiger partial charge in [-0.25, -0.2) is 9.97 Å². The van der Waals surface area contributed by atoms with Gasteiger partial charge in [0.15, 0.2) is 0 Å². The zero-order chi connectivity index (χ0) is 14.8. The van der Waals surface area contributed by atoms with E-state index in [0.29, 0.717) is 0 Å². The molecule has 0 amide bonds. The van der Waals surface area contributed by atoms with Gasteiger partial charge in [0.2, 0.25) is 0 Å². The van der Waals surface area contributed by atoms with Crippen LogP contribution in [-0.2, 0) is 18.3 Å². The first-order valence-electron chi connectivity index (χ1n) is 7.03. The summed E-state index contributed by atoms with van der Waals surface area (Å²) in [5, 5.41) is 0. The number of hydrogen-bond acceptors (Lipinski definition) is 3. The highest BCUT2D eigenvalue weighted by Crippen LogP contribution is 2.20. The Morgan fingerprint density at radius 1 is 1.10 bits per heavy atom. The van der Waals surface area contributed by atoms with Gasteiger partial charge in [0.25, 0.3) is 0 Å². The van der Waals surface area contributed by atoms with Crippen molar-refractivity contribution in [3.63, 3.8) is 0 Å². The van der Waals surface area contributed by atoms with Crippen molar-refractivity contribution in [3.8, 4) is 0 Å². The number of aryl methyl sites for hydroxylation is 3. The summed E-state index contributed by atoms with van der Waals surface area (Å²) in [4.78, 5) is 9.02. The van der Waals surface area contributed by atoms with E-state index in [1.165, 1.54) is 5.56 Å². The van der Waals surface area contributed by atoms with E-state index in [1.807, 2.05) is 25.3 Å². The molecule has 0 bridgehead atoms. The van der Waals surface area contributed by atoms with Crippen molar-refractivity contribution in [2.45, 2.75) is 46.0 Å². The van der Waals surface area contributed by atoms with Gasteiger partial charge in [-0.3, -0.25) is 0 Å². The maximum Gasteiger partial charge on any atom is 0.128 e. The lowest BCUT2D eigenvalue weighted by molar-refractivity contribution is 0.561. The van der Waals surface area contributed by atoms with Crippen molar-refractivity contribution in [2.75, 3.05) is 5.73 Å². The third-order valence-electron chi connectivity index (χ3n) is 3.45. The lowest BCUT2D eigenvalue weighted by Crippen LogP contribution is -2.15. The standard InChI is InChI=1S/C17H23N3/c1-12-5-6-13(11-14(12)18)7-8-16-19-10-9-15(20-16)17(2,3)4/h5-6,9-11H,7-8,18H2,1-4H3. The minimum atomic E-state index is 0.0615. The molecule has 0 spiro atoms. The third kappa shape index (κ3) is 3.56. The molecule has 0 saturated carbocycles. The number of nitrogens with two attached hydrogens (primary N) is 1. The van der Waals surface area contributed by atoms with Gasteiger partial charge in [-0.2, -0.15) is 0 Å². The summed E-state index contributed by atoms with van der Waals surface area (Å²) in [5.74, 6) is 0.900. The molecule has 0 fully saturated rings. The van der Waals surface area contributed by atoms with Crippen molar-refractivity contribution in [3.05, 3.63) is 53.1 Å². The number of nitrogens with zero attached hydrogens (tertiary/aromatic N) is 2. The highest BCUT2D eigenvalue weighted by atomic mass is 14.9. The molecule has 1 aromatic carbocycles. The second-order valence-corrected chi connectivity index (χ2v) is 6.30. The molecule has 0 aliphatic carbocycles. The minimum Gasteiger partial charge on any atom is -0.399 e. The van der Waals surface area contributed by atoms with E-state index in [4.69, 9.17) is 5.73 Å². The Hall–Kier alpha value is -1.90. The normalized spacial score (nSPS) is 11.6. The van der Waals surface area contributed by atoms with Gasteiger partial charge in [0, 0.05) is 29.4 Å². The van der Waals surface area contributed by atoms with Crippen molar-refractivity contribution >= 4 is 5.69 Å². The summed E-state index contributed by atoms with van der Waals surface area (Å²) in [5.41, 5.74) is 10.3. The highest BCUT2D eigenvalue weighted by Gasteiger charge is 2.15. The molecule has 1 heterocycles. The van der Waals surface area contributed by atoms with Gasteiger partial charge in [-0.15, -0.1) is 0 Å². The largest absolute Gasteiger partial charge is 0.399 e. The van der Waals surface area contributed by atoms with E-state index >= 15 is 0 Å². The first-order chi connectivity index (χ1) is 9.36. The zero-order valence-corrected chi connectivity index (χ0v) is 12.8. The number of anilines is 1. The average molecular weight is 269 g/mol. The van der Waals surface area contributed by atoms with Crippen LogP contribution in [0.1, 0.15) is 43.4 Å². The fourth-order valence-electron chi connectivity index (χ4n) is 2.04. The minimum absolute atomic E-state index is 0.0615. The molecule has 0 aliphatic rings. The number of benzene rings is 1. The van der Waals surface area contributed by atoms with Crippen LogP contribution in [0.25, 0.3) is 0 Å². The summed E-state index contributed by atoms with van der Waals surface area (Å²) >= 11 is 0. The first-order valence-corrected chi connectivity index (χ1v) is 7.03. The van der Waals surface area contributed by atoms with Crippen LogP contribution in [0.2, 0.25) is 0 Å². The Balaban J connectivity index is 2.09. The summed E-state index contributed by atoms with van der Waals surface area (Å²) < 4.78 is 0. The van der Waals surface area contributed by atoms with Crippen molar-refractivity contribution in [2.24, 2.45) is 0 Å². The third-order valence-corrected chi connectivity index (χ3v) is 3.45. The molecule has 2 N–H and O–H groups in total. The molecule has 3 heteroatoms. The van der Waals surface area contributed by atoms with E-state index in [1.54, 1.807) is 0 Å². The molecule has 0 radical (unpaired) electrons. The molecule has 0 saturated heterocycles. The van der Waals surface area contributed by atoms with Gasteiger partial charge in [0.05, 0.1) is 0 Å². The molecule has 3 nitrogen and oxygen atoms in total. The molecule has 0 unspecified atom stereocenters. The highest BCUT2D eigenvalue weighted by molar-refractivity contribution is 5.48. The van der Waals surface area contributed by atoms with Gasteiger partial charge in [-0.05, 0) is 36.6 Å². The van der Waals surface area contributed by atoms with Crippen LogP contribution in [0.4, 0.5) is 5.69 Å². The summed E-state index contributed by atoms with van der Waals surface area (Å²) in [6, 6.07) is 8.23. The Bertz CT molecular complexity index is 597. The van der Waals surface area contributed by atoms with E-state index in [0.717, 1.165) is 35.6 Å². The van der Waals surface area contributed by atoms with Crippen molar-refractivity contribution in [1.29, 1.82) is 0 Å². The van der Waals surface area contributed by atoms with E-state index in [2.05, 4.69) is 42.9 Å². The second-order valence-electron chi connectivity index (χ2n) is 6.30. The molecule has 0 atom stereocenters. The molecule has 2 aromatic rings. The SMILES string of the molecule is Cc1ccc(CCc2nccc(C(C)(C)C)n2)cc1N. The summed E-state index contributed by atoms with van der Waals surface area (Å²) in [6.45, 7) is 8.52. The number of hydrogen-bond donors (Lipinski definition) is 1. The lowest BCUT2D eigenvalue weighted by atomic mass is 9.92. The average Bonchev–Trinajstić information content (AvgIpc) is 2.39. The Morgan fingerprint density at radius 3 is 2.50 bits per heavy atom. The first kappa shape index (κ1) is 14.5. The molecular formula is C17H23N3. The lowest BCUT2D eigenvalue weighted by Gasteiger charge is -2.17. The maximum atomic E-state index is 5.94. The van der Waals surface area contributed by atoms with E-state index in [-0.39, 0.29) is 5.41 Å². The topological polar surface area (TPSA) is 51.8 Å². The second kappa shape index (κ2) is 5.61. The van der Waals surface area contributed by atoms with Gasteiger partial charge in [0.1, 0.15) is 5.82 Å². The predicted octanol–water partition coefficient (Wildman–Crippen LogP) is 3.45. The fraction of sp³-hybridized carbons (Fsp3) is 0.412.